The largest absolute Gasteiger partial charge is 0.456 e. The molecule has 0 aliphatic carbocycles. The van der Waals surface area contributed by atoms with E-state index < -0.39 is 28.1 Å². The molecule has 3 aliphatic rings. The number of aryl methyl sites for hydroxylation is 1. The molecule has 3 N–H and O–H groups in total. The van der Waals surface area contributed by atoms with Crippen LogP contribution in [0.2, 0.25) is 0 Å². The number of hydrogen-bond donors (Lipinski definition) is 3. The number of nitrogens with one attached hydrogen (secondary N) is 3. The molecule has 13 heteroatoms. The zero-order valence-electron chi connectivity index (χ0n) is 27.3. The van der Waals surface area contributed by atoms with Crippen LogP contribution in [0.5, 0.6) is 0 Å². The Bertz CT molecular complexity index is 1780. The van der Waals surface area contributed by atoms with Crippen molar-refractivity contribution in [1.29, 1.82) is 5.26 Å². The molecule has 6 rings (SSSR count). The number of nitriles is 1. The van der Waals surface area contributed by atoms with Crippen LogP contribution in [0, 0.1) is 24.2 Å². The minimum atomic E-state index is -3.58. The van der Waals surface area contributed by atoms with Gasteiger partial charge in [0.25, 0.3) is 5.91 Å². The Hall–Kier alpha value is -4.06. The van der Waals surface area contributed by atoms with E-state index in [4.69, 9.17) is 14.4 Å². The second-order valence-electron chi connectivity index (χ2n) is 12.9. The van der Waals surface area contributed by atoms with Crippen molar-refractivity contribution in [3.8, 4) is 28.7 Å². The van der Waals surface area contributed by atoms with Crippen LogP contribution in [0.25, 0.3) is 22.6 Å². The third kappa shape index (κ3) is 7.97. The number of rotatable bonds is 10. The van der Waals surface area contributed by atoms with Gasteiger partial charge in [-0.05, 0) is 55.2 Å². The lowest BCUT2D eigenvalue weighted by Crippen LogP contribution is -2.46. The van der Waals surface area contributed by atoms with Crippen LogP contribution in [0.15, 0.2) is 59.0 Å². The van der Waals surface area contributed by atoms with Gasteiger partial charge in [0.2, 0.25) is 15.9 Å². The lowest BCUT2D eigenvalue weighted by atomic mass is 10.0. The molecular weight excluding hydrogens is 632 g/mol. The number of nitrogens with zero attached hydrogens (tertiary/aromatic N) is 3. The van der Waals surface area contributed by atoms with Gasteiger partial charge in [-0.3, -0.25) is 14.5 Å². The van der Waals surface area contributed by atoms with Gasteiger partial charge >= 0.3 is 0 Å². The van der Waals surface area contributed by atoms with Gasteiger partial charge in [-0.2, -0.15) is 9.57 Å². The summed E-state index contributed by atoms with van der Waals surface area (Å²) in [6.45, 7) is 6.86. The van der Waals surface area contributed by atoms with Crippen LogP contribution in [0.1, 0.15) is 34.3 Å². The number of carbonyl (C=O) groups excluding carboxylic acids is 2. The first kappa shape index (κ1) is 33.8. The van der Waals surface area contributed by atoms with E-state index in [2.05, 4.69) is 51.2 Å². The van der Waals surface area contributed by atoms with Crippen LogP contribution >= 0.6 is 0 Å². The molecule has 254 valence electrons. The Morgan fingerprint density at radius 2 is 1.73 bits per heavy atom. The highest BCUT2D eigenvalue weighted by Gasteiger charge is 2.40. The predicted octanol–water partition coefficient (Wildman–Crippen LogP) is 2.50. The van der Waals surface area contributed by atoms with Crippen LogP contribution < -0.4 is 16.0 Å². The number of benzene rings is 2. The van der Waals surface area contributed by atoms with Gasteiger partial charge in [0.1, 0.15) is 11.5 Å². The van der Waals surface area contributed by atoms with Crippen LogP contribution in [0.4, 0.5) is 0 Å². The Morgan fingerprint density at radius 1 is 1.02 bits per heavy atom. The summed E-state index contributed by atoms with van der Waals surface area (Å²) in [5, 5.41) is 18.0. The highest BCUT2D eigenvalue weighted by atomic mass is 32.2. The fourth-order valence-electron chi connectivity index (χ4n) is 6.74. The zero-order chi connectivity index (χ0) is 33.8. The SMILES string of the molecule is Cc1cc(-c2ccc(-c3ccc(CN4CCOCC4)cc3)o2)ccc1C(=O)NC[C@H]1C[C@@H](NC(=O)[C@@H]2C[C@H](C#N)CN2)CN1S(C)(=O)=O. The van der Waals surface area contributed by atoms with Crippen molar-refractivity contribution >= 4 is 21.8 Å². The average Bonchev–Trinajstić information content (AvgIpc) is 3.85. The first-order valence-corrected chi connectivity index (χ1v) is 18.2. The number of amides is 2. The molecule has 3 aliphatic heterocycles. The molecule has 3 fully saturated rings. The Labute approximate surface area is 281 Å². The maximum Gasteiger partial charge on any atom is 0.251 e. The number of ether oxygens (including phenoxy) is 1. The summed E-state index contributed by atoms with van der Waals surface area (Å²) in [4.78, 5) is 28.4. The molecule has 2 aromatic carbocycles. The van der Waals surface area contributed by atoms with Crippen molar-refractivity contribution in [2.45, 2.75) is 44.4 Å². The number of furan rings is 1. The lowest BCUT2D eigenvalue weighted by molar-refractivity contribution is -0.123. The van der Waals surface area contributed by atoms with E-state index >= 15 is 0 Å². The summed E-state index contributed by atoms with van der Waals surface area (Å²) in [6, 6.07) is 18.5. The lowest BCUT2D eigenvalue weighted by Gasteiger charge is -2.26. The highest BCUT2D eigenvalue weighted by molar-refractivity contribution is 7.88. The predicted molar refractivity (Wildman–Crippen MR) is 180 cm³/mol. The van der Waals surface area contributed by atoms with E-state index in [1.807, 2.05) is 31.2 Å². The standard InChI is InChI=1S/C35H42N6O6S/c1-23-15-27(33-10-9-32(47-33)26-5-3-24(4-6-26)21-40-11-13-46-14-12-40)7-8-30(23)34(42)38-20-29-17-28(22-41(29)48(2,44)45)39-35(43)31-16-25(18-36)19-37-31/h3-10,15,25,28-29,31,37H,11-14,16-17,19-22H2,1-2H3,(H,38,42)(H,39,43)/t25-,28-,29-,31+/m1/s1. The normalized spacial score (nSPS) is 23.5. The van der Waals surface area contributed by atoms with Crippen molar-refractivity contribution in [2.75, 3.05) is 52.2 Å². The van der Waals surface area contributed by atoms with Crippen molar-refractivity contribution in [3.05, 3.63) is 71.3 Å². The van der Waals surface area contributed by atoms with Crippen LogP contribution in [0.3, 0.4) is 0 Å². The number of carbonyl (C=O) groups is 2. The number of morpholine rings is 1. The Kier molecular flexibility index (Phi) is 10.3. The first-order chi connectivity index (χ1) is 23.1. The molecule has 1 aromatic heterocycles. The fourth-order valence-corrected chi connectivity index (χ4v) is 7.89. The number of hydrogen-bond acceptors (Lipinski definition) is 9. The topological polar surface area (TPSA) is 157 Å². The summed E-state index contributed by atoms with van der Waals surface area (Å²) in [7, 11) is -3.58. The minimum Gasteiger partial charge on any atom is -0.456 e. The summed E-state index contributed by atoms with van der Waals surface area (Å²) in [5.74, 6) is 0.677. The van der Waals surface area contributed by atoms with Gasteiger partial charge < -0.3 is 25.1 Å². The molecule has 3 aromatic rings. The van der Waals surface area contributed by atoms with Gasteiger partial charge in [-0.25, -0.2) is 8.42 Å². The summed E-state index contributed by atoms with van der Waals surface area (Å²) < 4.78 is 38.1. The Balaban J connectivity index is 1.05. The van der Waals surface area contributed by atoms with Gasteiger partial charge in [0, 0.05) is 68.0 Å². The highest BCUT2D eigenvalue weighted by Crippen LogP contribution is 2.30. The van der Waals surface area contributed by atoms with Crippen molar-refractivity contribution in [1.82, 2.24) is 25.2 Å². The van der Waals surface area contributed by atoms with Crippen LogP contribution in [-0.2, 0) is 26.1 Å². The number of sulfonamides is 1. The molecular formula is C35H42N6O6S. The molecule has 2 amide bonds. The first-order valence-electron chi connectivity index (χ1n) is 16.4. The van der Waals surface area contributed by atoms with E-state index in [0.717, 1.165) is 61.6 Å². The van der Waals surface area contributed by atoms with Gasteiger partial charge in [0.15, 0.2) is 0 Å². The summed E-state index contributed by atoms with van der Waals surface area (Å²) in [5.41, 5.74) is 4.31. The summed E-state index contributed by atoms with van der Waals surface area (Å²) >= 11 is 0. The van der Waals surface area contributed by atoms with E-state index in [1.165, 1.54) is 9.87 Å². The molecule has 0 spiro atoms. The maximum absolute atomic E-state index is 13.2. The maximum atomic E-state index is 13.2. The third-order valence-electron chi connectivity index (χ3n) is 9.37. The molecule has 0 saturated carbocycles. The molecule has 4 atom stereocenters. The summed E-state index contributed by atoms with van der Waals surface area (Å²) in [6.07, 6.45) is 1.92. The third-order valence-corrected chi connectivity index (χ3v) is 10.7. The van der Waals surface area contributed by atoms with Gasteiger partial charge in [-0.15, -0.1) is 0 Å². The van der Waals surface area contributed by atoms with Gasteiger partial charge in [-0.1, -0.05) is 30.3 Å². The average molecular weight is 675 g/mol. The van der Waals surface area contributed by atoms with Crippen molar-refractivity contribution in [3.63, 3.8) is 0 Å². The quantitative estimate of drug-likeness (QED) is 0.294. The molecule has 48 heavy (non-hydrogen) atoms. The smallest absolute Gasteiger partial charge is 0.251 e. The fraction of sp³-hybridized carbons (Fsp3) is 0.457. The van der Waals surface area contributed by atoms with E-state index in [1.54, 1.807) is 6.07 Å². The zero-order valence-corrected chi connectivity index (χ0v) is 28.1. The monoisotopic (exact) mass is 674 g/mol. The van der Waals surface area contributed by atoms with Gasteiger partial charge in [0.05, 0.1) is 37.5 Å². The molecule has 3 saturated heterocycles. The van der Waals surface area contributed by atoms with E-state index in [9.17, 15) is 18.0 Å². The minimum absolute atomic E-state index is 0.102. The van der Waals surface area contributed by atoms with Crippen LogP contribution in [-0.4, -0.2) is 99.8 Å². The van der Waals surface area contributed by atoms with Crippen molar-refractivity contribution in [2.24, 2.45) is 5.92 Å². The van der Waals surface area contributed by atoms with E-state index in [-0.39, 0.29) is 30.8 Å². The van der Waals surface area contributed by atoms with E-state index in [0.29, 0.717) is 30.7 Å². The van der Waals surface area contributed by atoms with Crippen molar-refractivity contribution < 1.29 is 27.2 Å². The second-order valence-corrected chi connectivity index (χ2v) is 14.9. The molecule has 0 unspecified atom stereocenters. The second kappa shape index (κ2) is 14.6. The molecule has 4 heterocycles. The Morgan fingerprint density at radius 3 is 2.40 bits per heavy atom. The molecule has 0 bridgehead atoms. The molecule has 0 radical (unpaired) electrons. The molecule has 12 nitrogen and oxygen atoms in total.